The Morgan fingerprint density at radius 3 is 2.95 bits per heavy atom. The Hall–Kier alpha value is -1.41. The van der Waals surface area contributed by atoms with Gasteiger partial charge in [0.05, 0.1) is 5.52 Å². The first-order valence-corrected chi connectivity index (χ1v) is 7.94. The van der Waals surface area contributed by atoms with E-state index in [0.29, 0.717) is 5.92 Å². The summed E-state index contributed by atoms with van der Waals surface area (Å²) in [6.45, 7) is 4.41. The Balaban J connectivity index is 1.95. The molecule has 0 bridgehead atoms. The molecule has 1 aliphatic carbocycles. The van der Waals surface area contributed by atoms with Crippen molar-refractivity contribution in [3.8, 4) is 0 Å². The summed E-state index contributed by atoms with van der Waals surface area (Å²) in [6.07, 6.45) is 7.32. The molecule has 1 fully saturated rings. The van der Waals surface area contributed by atoms with Gasteiger partial charge in [-0.15, -0.1) is 0 Å². The molecule has 0 saturated heterocycles. The van der Waals surface area contributed by atoms with Crippen LogP contribution in [0.3, 0.4) is 0 Å². The van der Waals surface area contributed by atoms with E-state index in [1.807, 2.05) is 6.20 Å². The summed E-state index contributed by atoms with van der Waals surface area (Å²) < 4.78 is 0. The highest BCUT2D eigenvalue weighted by Crippen LogP contribution is 2.39. The highest BCUT2D eigenvalue weighted by molar-refractivity contribution is 5.82. The molecule has 20 heavy (non-hydrogen) atoms. The van der Waals surface area contributed by atoms with Gasteiger partial charge >= 0.3 is 0 Å². The van der Waals surface area contributed by atoms with Crippen LogP contribution in [0.1, 0.15) is 44.1 Å². The maximum absolute atomic E-state index is 4.51. The van der Waals surface area contributed by atoms with Crippen LogP contribution in [0.2, 0.25) is 0 Å². The molecule has 2 heteroatoms. The molecule has 2 atom stereocenters. The third-order valence-corrected chi connectivity index (χ3v) is 4.64. The van der Waals surface area contributed by atoms with Crippen LogP contribution < -0.4 is 5.32 Å². The molecule has 1 heterocycles. The number of nitrogens with one attached hydrogen (secondary N) is 1. The number of hydrogen-bond acceptors (Lipinski definition) is 2. The summed E-state index contributed by atoms with van der Waals surface area (Å²) in [7, 11) is 0. The quantitative estimate of drug-likeness (QED) is 0.902. The van der Waals surface area contributed by atoms with Crippen molar-refractivity contribution in [1.29, 1.82) is 0 Å². The first-order valence-electron chi connectivity index (χ1n) is 7.94. The van der Waals surface area contributed by atoms with Crippen molar-refractivity contribution in [3.63, 3.8) is 0 Å². The molecule has 3 rings (SSSR count). The second-order valence-corrected chi connectivity index (χ2v) is 5.88. The van der Waals surface area contributed by atoms with E-state index in [9.17, 15) is 0 Å². The number of pyridine rings is 1. The van der Waals surface area contributed by atoms with Gasteiger partial charge in [-0.25, -0.2) is 0 Å². The Morgan fingerprint density at radius 2 is 2.05 bits per heavy atom. The van der Waals surface area contributed by atoms with Crippen LogP contribution in [0, 0.1) is 5.92 Å². The number of fused-ring (bicyclic) bond motifs is 1. The van der Waals surface area contributed by atoms with Crippen molar-refractivity contribution in [2.45, 2.75) is 38.5 Å². The van der Waals surface area contributed by atoms with Crippen LogP contribution in [0.4, 0.5) is 0 Å². The van der Waals surface area contributed by atoms with Crippen molar-refractivity contribution < 1.29 is 0 Å². The number of hydrogen-bond donors (Lipinski definition) is 1. The second kappa shape index (κ2) is 6.36. The summed E-state index contributed by atoms with van der Waals surface area (Å²) in [4.78, 5) is 4.51. The molecule has 0 aliphatic heterocycles. The van der Waals surface area contributed by atoms with Crippen LogP contribution in [0.5, 0.6) is 0 Å². The molecular formula is C18H24N2. The lowest BCUT2D eigenvalue weighted by atomic mass is 9.74. The summed E-state index contributed by atoms with van der Waals surface area (Å²) in [5.74, 6) is 1.46. The van der Waals surface area contributed by atoms with Crippen LogP contribution in [-0.2, 0) is 0 Å². The normalized spacial score (nSPS) is 23.1. The molecule has 106 valence electrons. The van der Waals surface area contributed by atoms with E-state index in [4.69, 9.17) is 0 Å². The van der Waals surface area contributed by atoms with E-state index in [-0.39, 0.29) is 0 Å². The largest absolute Gasteiger partial charge is 0.317 e. The van der Waals surface area contributed by atoms with Crippen molar-refractivity contribution in [3.05, 3.63) is 42.1 Å². The molecule has 1 N–H and O–H groups in total. The lowest BCUT2D eigenvalue weighted by molar-refractivity contribution is 0.298. The minimum atomic E-state index is 0.690. The van der Waals surface area contributed by atoms with Gasteiger partial charge in [-0.3, -0.25) is 4.98 Å². The minimum absolute atomic E-state index is 0.690. The molecule has 0 amide bonds. The van der Waals surface area contributed by atoms with Crippen LogP contribution in [0.15, 0.2) is 36.5 Å². The van der Waals surface area contributed by atoms with Gasteiger partial charge < -0.3 is 5.32 Å². The van der Waals surface area contributed by atoms with E-state index in [2.05, 4.69) is 47.6 Å². The zero-order valence-electron chi connectivity index (χ0n) is 12.3. The number of aromatic nitrogens is 1. The van der Waals surface area contributed by atoms with Gasteiger partial charge in [0.15, 0.2) is 0 Å². The lowest BCUT2D eigenvalue weighted by Gasteiger charge is -2.32. The fourth-order valence-electron chi connectivity index (χ4n) is 3.64. The topological polar surface area (TPSA) is 24.9 Å². The van der Waals surface area contributed by atoms with Crippen molar-refractivity contribution in [1.82, 2.24) is 10.3 Å². The molecule has 1 saturated carbocycles. The Labute approximate surface area is 121 Å². The van der Waals surface area contributed by atoms with Gasteiger partial charge in [0, 0.05) is 11.6 Å². The molecule has 1 aromatic carbocycles. The van der Waals surface area contributed by atoms with Crippen molar-refractivity contribution in [2.75, 3.05) is 13.1 Å². The maximum atomic E-state index is 4.51. The third-order valence-electron chi connectivity index (χ3n) is 4.64. The Bertz CT molecular complexity index is 559. The number of nitrogens with zero attached hydrogens (tertiary/aromatic N) is 1. The third kappa shape index (κ3) is 2.71. The van der Waals surface area contributed by atoms with E-state index in [1.54, 1.807) is 0 Å². The Kier molecular flexibility index (Phi) is 4.31. The predicted octanol–water partition coefficient (Wildman–Crippen LogP) is 4.12. The van der Waals surface area contributed by atoms with Crippen molar-refractivity contribution in [2.24, 2.45) is 5.92 Å². The average molecular weight is 268 g/mol. The maximum Gasteiger partial charge on any atom is 0.0704 e. The smallest absolute Gasteiger partial charge is 0.0704 e. The molecular weight excluding hydrogens is 244 g/mol. The van der Waals surface area contributed by atoms with Crippen LogP contribution in [0.25, 0.3) is 10.9 Å². The van der Waals surface area contributed by atoms with Crippen molar-refractivity contribution >= 4 is 10.9 Å². The zero-order chi connectivity index (χ0) is 13.8. The zero-order valence-corrected chi connectivity index (χ0v) is 12.3. The fraction of sp³-hybridized carbons (Fsp3) is 0.500. The fourth-order valence-corrected chi connectivity index (χ4v) is 3.64. The summed E-state index contributed by atoms with van der Waals surface area (Å²) in [5.41, 5.74) is 2.65. The van der Waals surface area contributed by atoms with Gasteiger partial charge in [-0.2, -0.15) is 0 Å². The van der Waals surface area contributed by atoms with Gasteiger partial charge in [-0.1, -0.05) is 38.0 Å². The monoisotopic (exact) mass is 268 g/mol. The van der Waals surface area contributed by atoms with Crippen LogP contribution in [-0.4, -0.2) is 18.1 Å². The molecule has 0 spiro atoms. The molecule has 2 nitrogen and oxygen atoms in total. The Morgan fingerprint density at radius 1 is 1.15 bits per heavy atom. The molecule has 0 radical (unpaired) electrons. The summed E-state index contributed by atoms with van der Waals surface area (Å²) >= 11 is 0. The molecule has 2 unspecified atom stereocenters. The average Bonchev–Trinajstić information content (AvgIpc) is 2.53. The van der Waals surface area contributed by atoms with Gasteiger partial charge in [0.1, 0.15) is 0 Å². The van der Waals surface area contributed by atoms with E-state index in [0.717, 1.165) is 24.5 Å². The first kappa shape index (κ1) is 13.6. The highest BCUT2D eigenvalue weighted by Gasteiger charge is 2.27. The number of benzene rings is 1. The second-order valence-electron chi connectivity index (χ2n) is 5.88. The minimum Gasteiger partial charge on any atom is -0.317 e. The highest BCUT2D eigenvalue weighted by atomic mass is 14.8. The molecule has 1 aliphatic rings. The van der Waals surface area contributed by atoms with Crippen LogP contribution >= 0.6 is 0 Å². The summed E-state index contributed by atoms with van der Waals surface area (Å²) in [6, 6.07) is 10.9. The van der Waals surface area contributed by atoms with E-state index in [1.165, 1.54) is 36.6 Å². The standard InChI is InChI=1S/C18H24N2/c1-2-19-13-14-7-3-4-8-15(14)16-9-5-11-18-17(16)10-6-12-20-18/h5-6,9-12,14-15,19H,2-4,7-8,13H2,1H3. The molecule has 1 aromatic heterocycles. The van der Waals surface area contributed by atoms with E-state index < -0.39 is 0 Å². The van der Waals surface area contributed by atoms with Gasteiger partial charge in [0.2, 0.25) is 0 Å². The SMILES string of the molecule is CCNCC1CCCCC1c1cccc2ncccc12. The number of rotatable bonds is 4. The van der Waals surface area contributed by atoms with Gasteiger partial charge in [0.25, 0.3) is 0 Å². The van der Waals surface area contributed by atoms with E-state index >= 15 is 0 Å². The first-order chi connectivity index (χ1) is 9.90. The lowest BCUT2D eigenvalue weighted by Crippen LogP contribution is -2.29. The predicted molar refractivity (Wildman–Crippen MR) is 85.0 cm³/mol. The van der Waals surface area contributed by atoms with Gasteiger partial charge in [-0.05, 0) is 55.5 Å². The molecule has 2 aromatic rings. The summed E-state index contributed by atoms with van der Waals surface area (Å²) in [5, 5.41) is 4.90.